The van der Waals surface area contributed by atoms with E-state index in [0.29, 0.717) is 34.6 Å². The number of fused-ring (bicyclic) bond motifs is 1. The molecule has 0 saturated carbocycles. The second-order valence-electron chi connectivity index (χ2n) is 8.30. The van der Waals surface area contributed by atoms with Crippen molar-refractivity contribution in [3.8, 4) is 0 Å². The zero-order chi connectivity index (χ0) is 22.7. The predicted molar refractivity (Wildman–Crippen MR) is 129 cm³/mol. The van der Waals surface area contributed by atoms with Crippen LogP contribution in [0.4, 0.5) is 11.5 Å². The van der Waals surface area contributed by atoms with E-state index in [9.17, 15) is 4.79 Å². The fourth-order valence-electron chi connectivity index (χ4n) is 4.21. The Bertz CT molecular complexity index is 945. The maximum atomic E-state index is 12.8. The molecule has 1 aromatic heterocycles. The summed E-state index contributed by atoms with van der Waals surface area (Å²) in [5, 5.41) is 15.9. The van der Waals surface area contributed by atoms with Crippen LogP contribution in [0.3, 0.4) is 0 Å². The van der Waals surface area contributed by atoms with Crippen molar-refractivity contribution in [3.63, 3.8) is 0 Å². The van der Waals surface area contributed by atoms with Crippen molar-refractivity contribution < 1.29 is 4.79 Å². The molecule has 10 heteroatoms. The van der Waals surface area contributed by atoms with Gasteiger partial charge in [-0.1, -0.05) is 29.3 Å². The molecule has 0 aliphatic carbocycles. The Morgan fingerprint density at radius 3 is 2.59 bits per heavy atom. The summed E-state index contributed by atoms with van der Waals surface area (Å²) in [7, 11) is 2.13. The van der Waals surface area contributed by atoms with Crippen molar-refractivity contribution >= 4 is 40.6 Å². The highest BCUT2D eigenvalue weighted by Gasteiger charge is 2.27. The Kier molecular flexibility index (Phi) is 7.35. The third-order valence-electron chi connectivity index (χ3n) is 6.16. The van der Waals surface area contributed by atoms with E-state index in [2.05, 4.69) is 49.5 Å². The van der Waals surface area contributed by atoms with Gasteiger partial charge in [-0.05, 0) is 32.2 Å². The number of hydrogen-bond acceptors (Lipinski definition) is 7. The monoisotopic (exact) mass is 477 g/mol. The van der Waals surface area contributed by atoms with E-state index in [1.165, 1.54) is 0 Å². The zero-order valence-corrected chi connectivity index (χ0v) is 20.0. The number of nitrogens with zero attached hydrogens (tertiary/aromatic N) is 5. The molecule has 3 heterocycles. The predicted octanol–water partition coefficient (Wildman–Crippen LogP) is 2.75. The van der Waals surface area contributed by atoms with E-state index in [0.717, 1.165) is 50.5 Å². The second-order valence-corrected chi connectivity index (χ2v) is 9.11. The Morgan fingerprint density at radius 1 is 1.16 bits per heavy atom. The average Bonchev–Trinajstić information content (AvgIpc) is 2.79. The molecule has 2 aromatic rings. The Hall–Kier alpha value is -2.13. The van der Waals surface area contributed by atoms with E-state index in [4.69, 9.17) is 23.2 Å². The summed E-state index contributed by atoms with van der Waals surface area (Å²) < 4.78 is 0. The Morgan fingerprint density at radius 2 is 1.88 bits per heavy atom. The molecule has 0 spiro atoms. The lowest BCUT2D eigenvalue weighted by atomic mass is 10.0. The van der Waals surface area contributed by atoms with Crippen LogP contribution >= 0.6 is 23.2 Å². The molecule has 0 bridgehead atoms. The van der Waals surface area contributed by atoms with Crippen molar-refractivity contribution in [1.29, 1.82) is 0 Å². The Balaban J connectivity index is 1.46. The number of carbonyl (C=O) groups is 1. The van der Waals surface area contributed by atoms with Gasteiger partial charge in [-0.25, -0.2) is 0 Å². The van der Waals surface area contributed by atoms with Gasteiger partial charge in [0.05, 0.1) is 11.7 Å². The summed E-state index contributed by atoms with van der Waals surface area (Å²) >= 11 is 12.9. The van der Waals surface area contributed by atoms with Crippen molar-refractivity contribution in [2.75, 3.05) is 69.6 Å². The zero-order valence-electron chi connectivity index (χ0n) is 18.4. The fourth-order valence-corrected chi connectivity index (χ4v) is 4.92. The summed E-state index contributed by atoms with van der Waals surface area (Å²) in [5.74, 6) is 0.434. The molecule has 8 nitrogen and oxygen atoms in total. The van der Waals surface area contributed by atoms with E-state index in [1.54, 1.807) is 6.07 Å². The molecule has 1 aromatic carbocycles. The molecule has 0 radical (unpaired) electrons. The van der Waals surface area contributed by atoms with Gasteiger partial charge in [-0.2, -0.15) is 0 Å². The van der Waals surface area contributed by atoms with Crippen LogP contribution in [0, 0.1) is 0 Å². The summed E-state index contributed by atoms with van der Waals surface area (Å²) in [6, 6.07) is 7.22. The number of nitrogens with one attached hydrogen (secondary N) is 2. The van der Waals surface area contributed by atoms with E-state index in [1.807, 2.05) is 18.2 Å². The topological polar surface area (TPSA) is 76.6 Å². The number of rotatable bonds is 6. The van der Waals surface area contributed by atoms with Gasteiger partial charge in [0, 0.05) is 68.0 Å². The number of amides is 1. The standard InChI is InChI=1S/C22H29Cl2N7O/c1-15(20-16(23)4-3-5-17(20)24)31-9-7-25-21-19(31)14-18(27-28-21)22(32)26-6-8-30-12-10-29(2)11-13-30/h3-5,14-15H,6-13H2,1-2H3,(H,25,28)(H,26,32). The van der Waals surface area contributed by atoms with E-state index < -0.39 is 0 Å². The van der Waals surface area contributed by atoms with Crippen LogP contribution in [0.2, 0.25) is 10.0 Å². The molecule has 1 fully saturated rings. The van der Waals surface area contributed by atoms with E-state index in [-0.39, 0.29) is 11.9 Å². The summed E-state index contributed by atoms with van der Waals surface area (Å²) in [6.07, 6.45) is 0. The van der Waals surface area contributed by atoms with Gasteiger partial charge in [-0.15, -0.1) is 10.2 Å². The third-order valence-corrected chi connectivity index (χ3v) is 6.81. The minimum atomic E-state index is -0.219. The summed E-state index contributed by atoms with van der Waals surface area (Å²) in [5.41, 5.74) is 1.98. The fraction of sp³-hybridized carbons (Fsp3) is 0.500. The minimum Gasteiger partial charge on any atom is -0.365 e. The molecule has 1 atom stereocenters. The molecule has 2 N–H and O–H groups in total. The molecule has 2 aliphatic rings. The van der Waals surface area contributed by atoms with Crippen LogP contribution in [-0.2, 0) is 0 Å². The molecule has 172 valence electrons. The number of hydrogen-bond donors (Lipinski definition) is 2. The van der Waals surface area contributed by atoms with Crippen LogP contribution in [0.25, 0.3) is 0 Å². The normalized spacial score (nSPS) is 18.1. The number of aromatic nitrogens is 2. The first-order valence-electron chi connectivity index (χ1n) is 11.0. The first-order chi connectivity index (χ1) is 15.4. The lowest BCUT2D eigenvalue weighted by Crippen LogP contribution is -2.47. The average molecular weight is 478 g/mol. The van der Waals surface area contributed by atoms with Gasteiger partial charge < -0.3 is 20.4 Å². The molecule has 2 aliphatic heterocycles. The molecule has 4 rings (SSSR count). The van der Waals surface area contributed by atoms with Crippen LogP contribution in [0.15, 0.2) is 24.3 Å². The van der Waals surface area contributed by atoms with Gasteiger partial charge in [-0.3, -0.25) is 9.69 Å². The quantitative estimate of drug-likeness (QED) is 0.661. The third kappa shape index (κ3) is 5.09. The molecule has 1 unspecified atom stereocenters. The number of anilines is 2. The molecule has 32 heavy (non-hydrogen) atoms. The molecule has 1 amide bonds. The molecular formula is C22H29Cl2N7O. The number of halogens is 2. The highest BCUT2D eigenvalue weighted by molar-refractivity contribution is 6.36. The van der Waals surface area contributed by atoms with Crippen molar-refractivity contribution in [3.05, 3.63) is 45.6 Å². The number of carbonyl (C=O) groups excluding carboxylic acids is 1. The largest absolute Gasteiger partial charge is 0.365 e. The first kappa shape index (κ1) is 23.0. The van der Waals surface area contributed by atoms with Crippen LogP contribution < -0.4 is 15.5 Å². The summed E-state index contributed by atoms with van der Waals surface area (Å²) in [4.78, 5) is 19.6. The van der Waals surface area contributed by atoms with Gasteiger partial charge in [0.15, 0.2) is 11.5 Å². The van der Waals surface area contributed by atoms with Gasteiger partial charge >= 0.3 is 0 Å². The second kappa shape index (κ2) is 10.2. The maximum absolute atomic E-state index is 12.8. The first-order valence-corrected chi connectivity index (χ1v) is 11.7. The molecule has 1 saturated heterocycles. The lowest BCUT2D eigenvalue weighted by Gasteiger charge is -2.36. The Labute approximate surface area is 198 Å². The minimum absolute atomic E-state index is 0.0885. The van der Waals surface area contributed by atoms with Gasteiger partial charge in [0.25, 0.3) is 5.91 Å². The van der Waals surface area contributed by atoms with Crippen molar-refractivity contribution in [2.45, 2.75) is 13.0 Å². The van der Waals surface area contributed by atoms with Crippen LogP contribution in [0.5, 0.6) is 0 Å². The van der Waals surface area contributed by atoms with Crippen molar-refractivity contribution in [1.82, 2.24) is 25.3 Å². The SMILES string of the molecule is CC(c1c(Cl)cccc1Cl)N1CCNc2nnc(C(=O)NCCN3CCN(C)CC3)cc21. The molecular weight excluding hydrogens is 449 g/mol. The lowest BCUT2D eigenvalue weighted by molar-refractivity contribution is 0.0935. The summed E-state index contributed by atoms with van der Waals surface area (Å²) in [6.45, 7) is 9.06. The van der Waals surface area contributed by atoms with Crippen LogP contribution in [0.1, 0.15) is 29.0 Å². The van der Waals surface area contributed by atoms with Crippen LogP contribution in [-0.4, -0.2) is 85.3 Å². The number of piperazine rings is 1. The number of likely N-dealkylation sites (N-methyl/N-ethyl adjacent to an activating group) is 1. The smallest absolute Gasteiger partial charge is 0.271 e. The highest BCUT2D eigenvalue weighted by Crippen LogP contribution is 2.39. The number of benzene rings is 1. The van der Waals surface area contributed by atoms with Gasteiger partial charge in [0.2, 0.25) is 0 Å². The van der Waals surface area contributed by atoms with E-state index >= 15 is 0 Å². The van der Waals surface area contributed by atoms with Gasteiger partial charge in [0.1, 0.15) is 0 Å². The van der Waals surface area contributed by atoms with Crippen molar-refractivity contribution in [2.24, 2.45) is 0 Å². The highest BCUT2D eigenvalue weighted by atomic mass is 35.5. The maximum Gasteiger partial charge on any atom is 0.271 e.